The number of nitro groups is 1. The summed E-state index contributed by atoms with van der Waals surface area (Å²) in [6.07, 6.45) is 0. The normalized spacial score (nSPS) is 12.0. The number of hydrogen-bond acceptors (Lipinski definition) is 5. The average molecular weight is 295 g/mol. The first-order valence-electron chi connectivity index (χ1n) is 6.63. The van der Waals surface area contributed by atoms with Gasteiger partial charge < -0.3 is 5.73 Å². The molecule has 3 N–H and O–H groups in total. The van der Waals surface area contributed by atoms with Crippen molar-refractivity contribution in [2.24, 2.45) is 5.73 Å². The van der Waals surface area contributed by atoms with Crippen molar-refractivity contribution in [1.82, 2.24) is 15.2 Å². The number of nitrogens with one attached hydrogen (secondary N) is 1. The Balaban J connectivity index is 1.86. The molecule has 0 aliphatic carbocycles. The summed E-state index contributed by atoms with van der Waals surface area (Å²) < 4.78 is 0. The van der Waals surface area contributed by atoms with Crippen LogP contribution in [-0.4, -0.2) is 20.1 Å². The van der Waals surface area contributed by atoms with Gasteiger partial charge in [0, 0.05) is 17.7 Å². The van der Waals surface area contributed by atoms with Crippen LogP contribution >= 0.6 is 0 Å². The first kappa shape index (κ1) is 13.9. The van der Waals surface area contributed by atoms with Gasteiger partial charge in [0.15, 0.2) is 5.82 Å². The van der Waals surface area contributed by atoms with Crippen LogP contribution in [0.25, 0.3) is 11.4 Å². The summed E-state index contributed by atoms with van der Waals surface area (Å²) in [5.74, 6) is 0.996. The van der Waals surface area contributed by atoms with Gasteiger partial charge in [0.05, 0.1) is 11.0 Å². The van der Waals surface area contributed by atoms with E-state index in [1.165, 1.54) is 12.1 Å². The highest BCUT2D eigenvalue weighted by atomic mass is 16.6. The zero-order valence-corrected chi connectivity index (χ0v) is 11.5. The van der Waals surface area contributed by atoms with Gasteiger partial charge in [-0.05, 0) is 17.7 Å². The Labute approximate surface area is 126 Å². The van der Waals surface area contributed by atoms with Gasteiger partial charge in [-0.25, -0.2) is 4.98 Å². The van der Waals surface area contributed by atoms with Crippen LogP contribution in [0, 0.1) is 10.1 Å². The second kappa shape index (κ2) is 5.74. The first-order valence-corrected chi connectivity index (χ1v) is 6.63. The highest BCUT2D eigenvalue weighted by Gasteiger charge is 2.15. The predicted octanol–water partition coefficient (Wildman–Crippen LogP) is 2.43. The molecular formula is C15H13N5O2. The van der Waals surface area contributed by atoms with E-state index in [0.717, 1.165) is 5.56 Å². The van der Waals surface area contributed by atoms with Crippen LogP contribution in [0.15, 0.2) is 54.6 Å². The van der Waals surface area contributed by atoms with Gasteiger partial charge in [-0.15, -0.1) is 0 Å². The molecule has 0 saturated carbocycles. The SMILES string of the molecule is N[C@H](c1ccccc1)c1nc(-c2ccc([N+](=O)[O-])cc2)n[nH]1. The van der Waals surface area contributed by atoms with Crippen molar-refractivity contribution in [3.63, 3.8) is 0 Å². The number of non-ortho nitro benzene ring substituents is 1. The average Bonchev–Trinajstić information content (AvgIpc) is 3.05. The molecule has 7 nitrogen and oxygen atoms in total. The maximum absolute atomic E-state index is 10.7. The molecule has 3 rings (SSSR count). The molecule has 7 heteroatoms. The van der Waals surface area contributed by atoms with Gasteiger partial charge in [-0.2, -0.15) is 5.10 Å². The van der Waals surface area contributed by atoms with E-state index in [1.807, 2.05) is 30.3 Å². The van der Waals surface area contributed by atoms with E-state index in [4.69, 9.17) is 5.73 Å². The van der Waals surface area contributed by atoms with Crippen LogP contribution in [0.2, 0.25) is 0 Å². The maximum Gasteiger partial charge on any atom is 0.269 e. The molecule has 0 bridgehead atoms. The molecule has 22 heavy (non-hydrogen) atoms. The molecule has 0 aliphatic heterocycles. The Morgan fingerprint density at radius 2 is 1.77 bits per heavy atom. The summed E-state index contributed by atoms with van der Waals surface area (Å²) in [5, 5.41) is 17.6. The molecule has 1 heterocycles. The Morgan fingerprint density at radius 3 is 2.41 bits per heavy atom. The Hall–Kier alpha value is -3.06. The molecule has 1 aromatic heterocycles. The van der Waals surface area contributed by atoms with E-state index in [-0.39, 0.29) is 5.69 Å². The Morgan fingerprint density at radius 1 is 1.09 bits per heavy atom. The van der Waals surface area contributed by atoms with Crippen molar-refractivity contribution in [2.45, 2.75) is 6.04 Å². The molecule has 0 saturated heterocycles. The first-order chi connectivity index (χ1) is 10.6. The third-order valence-corrected chi connectivity index (χ3v) is 3.29. The molecule has 1 atom stereocenters. The lowest BCUT2D eigenvalue weighted by Crippen LogP contribution is -2.13. The topological polar surface area (TPSA) is 111 Å². The second-order valence-electron chi connectivity index (χ2n) is 4.74. The van der Waals surface area contributed by atoms with Crippen LogP contribution in [0.5, 0.6) is 0 Å². The molecule has 2 aromatic carbocycles. The Bertz CT molecular complexity index is 783. The van der Waals surface area contributed by atoms with Crippen molar-refractivity contribution in [2.75, 3.05) is 0 Å². The number of nitro benzene ring substituents is 1. The highest BCUT2D eigenvalue weighted by Crippen LogP contribution is 2.22. The standard InChI is InChI=1S/C15H13N5O2/c16-13(10-4-2-1-3-5-10)15-17-14(18-19-15)11-6-8-12(9-7-11)20(21)22/h1-9,13H,16H2,(H,17,18,19)/t13-/m1/s1. The van der Waals surface area contributed by atoms with Gasteiger partial charge in [0.1, 0.15) is 5.82 Å². The highest BCUT2D eigenvalue weighted by molar-refractivity contribution is 5.57. The predicted molar refractivity (Wildman–Crippen MR) is 80.9 cm³/mol. The van der Waals surface area contributed by atoms with Crippen molar-refractivity contribution >= 4 is 5.69 Å². The zero-order chi connectivity index (χ0) is 15.5. The molecular weight excluding hydrogens is 282 g/mol. The fraction of sp³-hybridized carbons (Fsp3) is 0.0667. The molecule has 0 unspecified atom stereocenters. The third kappa shape index (κ3) is 2.70. The lowest BCUT2D eigenvalue weighted by molar-refractivity contribution is -0.384. The van der Waals surface area contributed by atoms with E-state index >= 15 is 0 Å². The van der Waals surface area contributed by atoms with Crippen LogP contribution in [-0.2, 0) is 0 Å². The van der Waals surface area contributed by atoms with Crippen LogP contribution in [0.3, 0.4) is 0 Å². The van der Waals surface area contributed by atoms with Crippen LogP contribution in [0.4, 0.5) is 5.69 Å². The molecule has 0 fully saturated rings. The van der Waals surface area contributed by atoms with Gasteiger partial charge in [-0.1, -0.05) is 30.3 Å². The zero-order valence-electron chi connectivity index (χ0n) is 11.5. The molecule has 110 valence electrons. The van der Waals surface area contributed by atoms with Crippen molar-refractivity contribution in [1.29, 1.82) is 0 Å². The fourth-order valence-electron chi connectivity index (χ4n) is 2.09. The summed E-state index contributed by atoms with van der Waals surface area (Å²) in [5.41, 5.74) is 7.79. The third-order valence-electron chi connectivity index (χ3n) is 3.29. The van der Waals surface area contributed by atoms with E-state index < -0.39 is 11.0 Å². The molecule has 3 aromatic rings. The summed E-state index contributed by atoms with van der Waals surface area (Å²) in [6.45, 7) is 0. The van der Waals surface area contributed by atoms with E-state index in [0.29, 0.717) is 17.2 Å². The number of nitrogens with zero attached hydrogens (tertiary/aromatic N) is 3. The summed E-state index contributed by atoms with van der Waals surface area (Å²) in [6, 6.07) is 15.2. The molecule has 0 radical (unpaired) electrons. The summed E-state index contributed by atoms with van der Waals surface area (Å²) in [7, 11) is 0. The minimum Gasteiger partial charge on any atom is -0.318 e. The quantitative estimate of drug-likeness (QED) is 0.567. The number of nitrogens with two attached hydrogens (primary N) is 1. The van der Waals surface area contributed by atoms with Crippen molar-refractivity contribution < 1.29 is 4.92 Å². The lowest BCUT2D eigenvalue weighted by atomic mass is 10.1. The summed E-state index contributed by atoms with van der Waals surface area (Å²) >= 11 is 0. The minimum absolute atomic E-state index is 0.0282. The largest absolute Gasteiger partial charge is 0.318 e. The Kier molecular flexibility index (Phi) is 3.63. The van der Waals surface area contributed by atoms with Crippen LogP contribution in [0.1, 0.15) is 17.4 Å². The van der Waals surface area contributed by atoms with Crippen molar-refractivity contribution in [3.05, 3.63) is 76.1 Å². The van der Waals surface area contributed by atoms with Gasteiger partial charge >= 0.3 is 0 Å². The lowest BCUT2D eigenvalue weighted by Gasteiger charge is -2.07. The number of rotatable bonds is 4. The summed E-state index contributed by atoms with van der Waals surface area (Å²) in [4.78, 5) is 14.6. The number of benzene rings is 2. The number of H-pyrrole nitrogens is 1. The van der Waals surface area contributed by atoms with Crippen molar-refractivity contribution in [3.8, 4) is 11.4 Å². The second-order valence-corrected chi connectivity index (χ2v) is 4.74. The molecule has 0 aliphatic rings. The number of aromatic nitrogens is 3. The maximum atomic E-state index is 10.7. The molecule has 0 spiro atoms. The smallest absolute Gasteiger partial charge is 0.269 e. The van der Waals surface area contributed by atoms with Crippen LogP contribution < -0.4 is 5.73 Å². The van der Waals surface area contributed by atoms with E-state index in [2.05, 4.69) is 15.2 Å². The number of hydrogen-bond donors (Lipinski definition) is 2. The monoisotopic (exact) mass is 295 g/mol. The number of aromatic amines is 1. The van der Waals surface area contributed by atoms with Gasteiger partial charge in [-0.3, -0.25) is 15.2 Å². The minimum atomic E-state index is -0.446. The van der Waals surface area contributed by atoms with E-state index in [9.17, 15) is 10.1 Å². The van der Waals surface area contributed by atoms with E-state index in [1.54, 1.807) is 12.1 Å². The fourth-order valence-corrected chi connectivity index (χ4v) is 2.09. The molecule has 0 amide bonds. The van der Waals surface area contributed by atoms with Gasteiger partial charge in [0.25, 0.3) is 5.69 Å². The van der Waals surface area contributed by atoms with Gasteiger partial charge in [0.2, 0.25) is 0 Å².